The van der Waals surface area contributed by atoms with E-state index in [9.17, 15) is 9.59 Å². The predicted molar refractivity (Wildman–Crippen MR) is 218 cm³/mol. The summed E-state index contributed by atoms with van der Waals surface area (Å²) in [5, 5.41) is 3.42. The molecule has 0 aromatic heterocycles. The van der Waals surface area contributed by atoms with E-state index in [-0.39, 0.29) is 56.6 Å². The molecule has 4 aliphatic heterocycles. The number of fused-ring (bicyclic) bond motifs is 8. The first-order chi connectivity index (χ1) is 26.7. The van der Waals surface area contributed by atoms with Crippen molar-refractivity contribution in [2.45, 2.75) is 58.7 Å². The van der Waals surface area contributed by atoms with Crippen LogP contribution < -0.4 is 34.2 Å². The van der Waals surface area contributed by atoms with Gasteiger partial charge in [0.25, 0.3) is 11.8 Å². The van der Waals surface area contributed by atoms with Crippen molar-refractivity contribution in [1.29, 1.82) is 0 Å². The van der Waals surface area contributed by atoms with Gasteiger partial charge in [-0.05, 0) is 92.2 Å². The maximum absolute atomic E-state index is 13.7. The Bertz CT molecular complexity index is 2310. The average molecular weight is 825 g/mol. The molecule has 5 aromatic carbocycles. The summed E-state index contributed by atoms with van der Waals surface area (Å²) in [6.45, 7) is 9.53. The van der Waals surface area contributed by atoms with Crippen LogP contribution in [0.25, 0.3) is 0 Å². The zero-order valence-corrected chi connectivity index (χ0v) is 35.7. The Labute approximate surface area is 354 Å². The molecule has 4 aliphatic rings. The second-order valence-electron chi connectivity index (χ2n) is 14.7. The van der Waals surface area contributed by atoms with Crippen molar-refractivity contribution in [3.8, 4) is 17.2 Å². The monoisotopic (exact) mass is 824 g/mol. The predicted octanol–water partition coefficient (Wildman–Crippen LogP) is 8.33. The number of benzene rings is 5. The number of ether oxygens (including phenoxy) is 3. The Morgan fingerprint density at radius 2 is 1.39 bits per heavy atom. The summed E-state index contributed by atoms with van der Waals surface area (Å²) in [6.07, 6.45) is 2.70. The van der Waals surface area contributed by atoms with Gasteiger partial charge < -0.3 is 34.2 Å². The number of methoxy groups -OCH3 is 2. The third kappa shape index (κ3) is 7.27. The summed E-state index contributed by atoms with van der Waals surface area (Å²) in [5.41, 5.74) is 12.1. The number of amides is 2. The van der Waals surface area contributed by atoms with Crippen LogP contribution in [-0.2, 0) is 58.6 Å². The van der Waals surface area contributed by atoms with Crippen molar-refractivity contribution in [1.82, 2.24) is 0 Å². The molecule has 1 radical (unpaired) electrons. The second kappa shape index (κ2) is 16.3. The number of hydrogen-bond donors (Lipinski definition) is 1. The molecular weight excluding hydrogens is 777 g/mol. The molecule has 5 aromatic rings. The molecule has 2 amide bonds. The topological polar surface area (TPSA) is 83.6 Å². The Balaban J connectivity index is 0.000000182. The number of aryl methyl sites for hydroxylation is 3. The fourth-order valence-electron chi connectivity index (χ4n) is 8.43. The number of carbonyl (C=O) groups excluding carboxylic acids is 2. The van der Waals surface area contributed by atoms with Crippen LogP contribution in [0.2, 0.25) is 0 Å². The molecule has 0 bridgehead atoms. The first-order valence-corrected chi connectivity index (χ1v) is 18.9. The van der Waals surface area contributed by atoms with Crippen LogP contribution in [0.5, 0.6) is 17.2 Å². The molecule has 0 unspecified atom stereocenters. The van der Waals surface area contributed by atoms with Gasteiger partial charge in [0.1, 0.15) is 12.4 Å². The number of hydrogen-bond acceptors (Lipinski definition) is 7. The van der Waals surface area contributed by atoms with Gasteiger partial charge in [-0.15, -0.1) is 0 Å². The molecule has 0 spiro atoms. The van der Waals surface area contributed by atoms with Crippen molar-refractivity contribution >= 4 is 34.6 Å². The van der Waals surface area contributed by atoms with Crippen molar-refractivity contribution < 1.29 is 56.5 Å². The average Bonchev–Trinajstić information content (AvgIpc) is 3.69. The van der Waals surface area contributed by atoms with Gasteiger partial charge in [-0.1, -0.05) is 73.1 Å². The van der Waals surface area contributed by atoms with Crippen LogP contribution in [0.1, 0.15) is 61.0 Å². The maximum Gasteiger partial charge on any atom is 0.260 e. The third-order valence-electron chi connectivity index (χ3n) is 11.1. The molecule has 9 rings (SSSR count). The molecule has 1 N–H and O–H groups in total. The molecular formula is C46H47N4O5Y-. The largest absolute Gasteiger partial charge is 0.522 e. The maximum atomic E-state index is 13.7. The van der Waals surface area contributed by atoms with Crippen LogP contribution in [0.15, 0.2) is 91.0 Å². The van der Waals surface area contributed by atoms with Crippen molar-refractivity contribution in [3.63, 3.8) is 0 Å². The number of anilines is 4. The van der Waals surface area contributed by atoms with Gasteiger partial charge in [0, 0.05) is 68.4 Å². The number of nitrogens with zero attached hydrogens (tertiary/aromatic N) is 3. The van der Waals surface area contributed by atoms with E-state index < -0.39 is 0 Å². The summed E-state index contributed by atoms with van der Waals surface area (Å²) in [6, 6.07) is 30.6. The molecule has 56 heavy (non-hydrogen) atoms. The zero-order valence-electron chi connectivity index (χ0n) is 32.9. The van der Waals surface area contributed by atoms with E-state index in [1.807, 2.05) is 89.3 Å². The Hall–Kier alpha value is -4.86. The van der Waals surface area contributed by atoms with E-state index in [1.54, 1.807) is 14.2 Å². The number of rotatable bonds is 6. The number of carbonyl (C=O) groups is 2. The number of nitrogens with one attached hydrogen (secondary N) is 1. The van der Waals surface area contributed by atoms with Gasteiger partial charge in [0.05, 0.1) is 37.1 Å². The number of para-hydroxylation sites is 2. The minimum Gasteiger partial charge on any atom is -0.522 e. The van der Waals surface area contributed by atoms with Crippen molar-refractivity contribution in [2.75, 3.05) is 47.8 Å². The molecule has 10 heteroatoms. The summed E-state index contributed by atoms with van der Waals surface area (Å²) in [4.78, 5) is 32.6. The summed E-state index contributed by atoms with van der Waals surface area (Å²) < 4.78 is 17.2. The van der Waals surface area contributed by atoms with Gasteiger partial charge in [0.2, 0.25) is 0 Å². The minimum absolute atomic E-state index is 0. The smallest absolute Gasteiger partial charge is 0.260 e. The summed E-state index contributed by atoms with van der Waals surface area (Å²) in [7, 11) is 5.26. The van der Waals surface area contributed by atoms with Gasteiger partial charge in [-0.25, -0.2) is 6.54 Å². The third-order valence-corrected chi connectivity index (χ3v) is 11.1. The van der Waals surface area contributed by atoms with E-state index in [0.717, 1.165) is 71.0 Å². The molecule has 0 saturated carbocycles. The first kappa shape index (κ1) is 39.4. The van der Waals surface area contributed by atoms with E-state index >= 15 is 0 Å². The molecule has 2 atom stereocenters. The van der Waals surface area contributed by atoms with E-state index in [2.05, 4.69) is 56.0 Å². The second-order valence-corrected chi connectivity index (χ2v) is 14.7. The minimum atomic E-state index is -0.0170. The van der Waals surface area contributed by atoms with Gasteiger partial charge >= 0.3 is 0 Å². The fourth-order valence-corrected chi connectivity index (χ4v) is 8.43. The van der Waals surface area contributed by atoms with Crippen molar-refractivity contribution in [2.24, 2.45) is 0 Å². The Kier molecular flexibility index (Phi) is 11.5. The van der Waals surface area contributed by atoms with E-state index in [4.69, 9.17) is 14.2 Å². The molecule has 285 valence electrons. The Morgan fingerprint density at radius 1 is 0.732 bits per heavy atom. The van der Waals surface area contributed by atoms with Crippen LogP contribution >= 0.6 is 0 Å². The first-order valence-electron chi connectivity index (χ1n) is 18.9. The molecule has 0 aliphatic carbocycles. The zero-order chi connectivity index (χ0) is 38.4. The molecule has 0 saturated heterocycles. The summed E-state index contributed by atoms with van der Waals surface area (Å²) >= 11 is 0. The fraction of sp³-hybridized carbons (Fsp3) is 0.283. The number of likely N-dealkylation sites (N-methyl/N-ethyl adjacent to an activating group) is 1. The van der Waals surface area contributed by atoms with Crippen LogP contribution in [0.4, 0.5) is 22.7 Å². The molecule has 4 heterocycles. The van der Waals surface area contributed by atoms with Crippen LogP contribution in [0.3, 0.4) is 0 Å². The Morgan fingerprint density at radius 3 is 2.11 bits per heavy atom. The van der Waals surface area contributed by atoms with Crippen molar-refractivity contribution in [3.05, 3.63) is 142 Å². The van der Waals surface area contributed by atoms with Crippen LogP contribution in [-0.4, -0.2) is 51.7 Å². The molecule has 9 nitrogen and oxygen atoms in total. The quantitative estimate of drug-likeness (QED) is 0.173. The van der Waals surface area contributed by atoms with Gasteiger partial charge in [0.15, 0.2) is 11.5 Å². The SMILES string of the molecule is CCc1cc(C)cc(COc2cc3c(cc2OC)C(=O)N2c4ccccc4C[C@H]2[CH-]N3C)c1.COc1cc2c(cc1C)C(=O)N1c3ccccc3C[C@H]1CN2.[Y]. The van der Waals surface area contributed by atoms with E-state index in [0.29, 0.717) is 23.7 Å². The standard InChI is InChI=1S/C28H29N2O3.C18H18N2O2.Y/c1-5-19-10-18(2)11-20(12-19)17-33-27-15-25-23(14-26(27)32-4)28(31)30-22(16-29(25)3)13-21-8-6-7-9-24(21)30;1-11-7-14-15(9-17(11)22-2)19-10-13-8-12-5-3-4-6-16(12)20(13)18(14)21;/h6-12,14-16,22H,5,13,17H2,1-4H3;3-7,9,13,19H,8,10H2,1-2H3;/q-1;;/t22-;13-;/m00./s1. The molecule has 0 fully saturated rings. The van der Waals surface area contributed by atoms with Gasteiger partial charge in [-0.2, -0.15) is 0 Å². The van der Waals surface area contributed by atoms with Gasteiger partial charge in [-0.3, -0.25) is 9.59 Å². The normalized spacial score (nSPS) is 17.3. The van der Waals surface area contributed by atoms with Crippen LogP contribution in [0, 0.1) is 20.4 Å². The summed E-state index contributed by atoms with van der Waals surface area (Å²) in [5.74, 6) is 2.05. The van der Waals surface area contributed by atoms with E-state index in [1.165, 1.54) is 22.3 Å².